The van der Waals surface area contributed by atoms with E-state index in [1.807, 2.05) is 0 Å². The third-order valence-electron chi connectivity index (χ3n) is 4.31. The van der Waals surface area contributed by atoms with Crippen molar-refractivity contribution < 1.29 is 17.6 Å². The van der Waals surface area contributed by atoms with Gasteiger partial charge in [0.25, 0.3) is 5.91 Å². The average Bonchev–Trinajstić information content (AvgIpc) is 2.64. The normalized spacial score (nSPS) is 14.0. The Labute approximate surface area is 146 Å². The molecule has 0 saturated carbocycles. The molecule has 1 aliphatic heterocycles. The molecule has 1 heterocycles. The third kappa shape index (κ3) is 3.57. The zero-order valence-electron chi connectivity index (χ0n) is 13.8. The molecule has 0 radical (unpaired) electrons. The minimum absolute atomic E-state index is 0.00621. The quantitative estimate of drug-likeness (QED) is 0.876. The average molecular weight is 362 g/mol. The first-order valence-electron chi connectivity index (χ1n) is 8.07. The second-order valence-corrected chi connectivity index (χ2v) is 8.15. The van der Waals surface area contributed by atoms with Crippen molar-refractivity contribution in [3.05, 3.63) is 58.9 Å². The number of fused-ring (bicyclic) bond motifs is 1. The molecule has 132 valence electrons. The fourth-order valence-electron chi connectivity index (χ4n) is 2.80. The Morgan fingerprint density at radius 3 is 2.60 bits per heavy atom. The van der Waals surface area contributed by atoms with E-state index in [-0.39, 0.29) is 21.9 Å². The van der Waals surface area contributed by atoms with Crippen LogP contribution < -0.4 is 10.6 Å². The maximum absolute atomic E-state index is 14.6. The summed E-state index contributed by atoms with van der Waals surface area (Å²) < 4.78 is 38.2. The SMILES string of the molecule is CCS(=O)(=O)c1ccc(C(=O)Nc2ccc3c(c2F)CCNC3)cc1. The van der Waals surface area contributed by atoms with Gasteiger partial charge in [-0.05, 0) is 54.4 Å². The highest BCUT2D eigenvalue weighted by molar-refractivity contribution is 7.91. The number of carbonyl (C=O) groups is 1. The van der Waals surface area contributed by atoms with Crippen LogP contribution in [0.3, 0.4) is 0 Å². The second-order valence-electron chi connectivity index (χ2n) is 5.87. The van der Waals surface area contributed by atoms with Crippen molar-refractivity contribution in [1.29, 1.82) is 0 Å². The summed E-state index contributed by atoms with van der Waals surface area (Å²) in [5.41, 5.74) is 1.93. The summed E-state index contributed by atoms with van der Waals surface area (Å²) in [4.78, 5) is 12.5. The van der Waals surface area contributed by atoms with E-state index in [0.29, 0.717) is 25.1 Å². The van der Waals surface area contributed by atoms with E-state index in [1.54, 1.807) is 19.1 Å². The zero-order chi connectivity index (χ0) is 18.0. The van der Waals surface area contributed by atoms with Gasteiger partial charge in [-0.15, -0.1) is 0 Å². The highest BCUT2D eigenvalue weighted by Crippen LogP contribution is 2.25. The number of benzene rings is 2. The first-order valence-corrected chi connectivity index (χ1v) is 9.72. The van der Waals surface area contributed by atoms with E-state index >= 15 is 0 Å². The van der Waals surface area contributed by atoms with Gasteiger partial charge in [-0.3, -0.25) is 4.79 Å². The number of sulfone groups is 1. The summed E-state index contributed by atoms with van der Waals surface area (Å²) in [5.74, 6) is -0.890. The first kappa shape index (κ1) is 17.6. The molecule has 3 rings (SSSR count). The summed E-state index contributed by atoms with van der Waals surface area (Å²) >= 11 is 0. The van der Waals surface area contributed by atoms with Crippen molar-refractivity contribution >= 4 is 21.4 Å². The summed E-state index contributed by atoms with van der Waals surface area (Å²) in [5, 5.41) is 5.74. The van der Waals surface area contributed by atoms with Gasteiger partial charge >= 0.3 is 0 Å². The van der Waals surface area contributed by atoms with Crippen LogP contribution in [0.2, 0.25) is 0 Å². The van der Waals surface area contributed by atoms with Gasteiger partial charge in [-0.2, -0.15) is 0 Å². The molecular weight excluding hydrogens is 343 g/mol. The van der Waals surface area contributed by atoms with Crippen molar-refractivity contribution in [3.63, 3.8) is 0 Å². The smallest absolute Gasteiger partial charge is 0.255 e. The summed E-state index contributed by atoms with van der Waals surface area (Å²) in [6.45, 7) is 2.88. The van der Waals surface area contributed by atoms with E-state index in [9.17, 15) is 17.6 Å². The van der Waals surface area contributed by atoms with Crippen molar-refractivity contribution in [2.75, 3.05) is 17.6 Å². The van der Waals surface area contributed by atoms with Crippen molar-refractivity contribution in [1.82, 2.24) is 5.32 Å². The molecule has 2 aromatic carbocycles. The molecule has 0 unspecified atom stereocenters. The molecule has 2 N–H and O–H groups in total. The van der Waals surface area contributed by atoms with Gasteiger partial charge in [0, 0.05) is 12.1 Å². The monoisotopic (exact) mass is 362 g/mol. The van der Waals surface area contributed by atoms with Gasteiger partial charge in [0.2, 0.25) is 0 Å². The third-order valence-corrected chi connectivity index (χ3v) is 6.06. The lowest BCUT2D eigenvalue weighted by Crippen LogP contribution is -2.25. The molecule has 0 spiro atoms. The van der Waals surface area contributed by atoms with Crippen LogP contribution in [-0.4, -0.2) is 26.6 Å². The standard InChI is InChI=1S/C18H19FN2O3S/c1-2-25(23,24)14-6-3-12(4-7-14)18(22)21-16-8-5-13-11-20-10-9-15(13)17(16)19/h3-8,20H,2,9-11H2,1H3,(H,21,22). The maximum atomic E-state index is 14.6. The molecular formula is C18H19FN2O3S. The highest BCUT2D eigenvalue weighted by Gasteiger charge is 2.18. The molecule has 0 bridgehead atoms. The van der Waals surface area contributed by atoms with Crippen LogP contribution in [0.1, 0.15) is 28.4 Å². The van der Waals surface area contributed by atoms with Crippen molar-refractivity contribution in [2.45, 2.75) is 24.8 Å². The fourth-order valence-corrected chi connectivity index (χ4v) is 3.69. The lowest BCUT2D eigenvalue weighted by atomic mass is 9.99. The van der Waals surface area contributed by atoms with Gasteiger partial charge in [0.05, 0.1) is 16.3 Å². The minimum atomic E-state index is -3.31. The van der Waals surface area contributed by atoms with Crippen molar-refractivity contribution in [2.24, 2.45) is 0 Å². The van der Waals surface area contributed by atoms with Crippen molar-refractivity contribution in [3.8, 4) is 0 Å². The van der Waals surface area contributed by atoms with Crippen LogP contribution in [0, 0.1) is 5.82 Å². The van der Waals surface area contributed by atoms with Crippen LogP contribution in [0.5, 0.6) is 0 Å². The number of amides is 1. The zero-order valence-corrected chi connectivity index (χ0v) is 14.6. The molecule has 0 aromatic heterocycles. The Bertz CT molecular complexity index is 909. The van der Waals surface area contributed by atoms with E-state index in [0.717, 1.165) is 5.56 Å². The lowest BCUT2D eigenvalue weighted by Gasteiger charge is -2.19. The summed E-state index contributed by atoms with van der Waals surface area (Å²) in [6.07, 6.45) is 0.578. The van der Waals surface area contributed by atoms with E-state index in [4.69, 9.17) is 0 Å². The lowest BCUT2D eigenvalue weighted by molar-refractivity contribution is 0.102. The maximum Gasteiger partial charge on any atom is 0.255 e. The first-order chi connectivity index (χ1) is 11.9. The Morgan fingerprint density at radius 1 is 1.20 bits per heavy atom. The number of hydrogen-bond acceptors (Lipinski definition) is 4. The van der Waals surface area contributed by atoms with Gasteiger partial charge < -0.3 is 10.6 Å². The number of rotatable bonds is 4. The topological polar surface area (TPSA) is 75.3 Å². The molecule has 2 aromatic rings. The van der Waals surface area contributed by atoms with E-state index in [1.165, 1.54) is 24.3 Å². The largest absolute Gasteiger partial charge is 0.319 e. The molecule has 5 nitrogen and oxygen atoms in total. The van der Waals surface area contributed by atoms with Crippen LogP contribution in [0.4, 0.5) is 10.1 Å². The molecule has 0 atom stereocenters. The van der Waals surface area contributed by atoms with E-state index < -0.39 is 21.6 Å². The molecule has 7 heteroatoms. The number of nitrogens with one attached hydrogen (secondary N) is 2. The van der Waals surface area contributed by atoms with Gasteiger partial charge in [-0.25, -0.2) is 12.8 Å². The molecule has 0 aliphatic carbocycles. The van der Waals surface area contributed by atoms with Gasteiger partial charge in [0.1, 0.15) is 5.82 Å². The second kappa shape index (κ2) is 6.93. The number of hydrogen-bond donors (Lipinski definition) is 2. The van der Waals surface area contributed by atoms with Gasteiger partial charge in [-0.1, -0.05) is 13.0 Å². The Kier molecular flexibility index (Phi) is 4.87. The summed E-state index contributed by atoms with van der Waals surface area (Å²) in [7, 11) is -3.31. The van der Waals surface area contributed by atoms with E-state index in [2.05, 4.69) is 10.6 Å². The molecule has 1 aliphatic rings. The van der Waals surface area contributed by atoms with Crippen LogP contribution in [0.25, 0.3) is 0 Å². The van der Waals surface area contributed by atoms with Crippen LogP contribution >= 0.6 is 0 Å². The van der Waals surface area contributed by atoms with Crippen LogP contribution in [0.15, 0.2) is 41.3 Å². The molecule has 1 amide bonds. The Hall–Kier alpha value is -2.25. The highest BCUT2D eigenvalue weighted by atomic mass is 32.2. The molecule has 25 heavy (non-hydrogen) atoms. The predicted molar refractivity (Wildman–Crippen MR) is 93.9 cm³/mol. The predicted octanol–water partition coefficient (Wildman–Crippen LogP) is 2.52. The Morgan fingerprint density at radius 2 is 1.92 bits per heavy atom. The molecule has 0 saturated heterocycles. The number of anilines is 1. The summed E-state index contributed by atoms with van der Waals surface area (Å²) in [6, 6.07) is 8.99. The minimum Gasteiger partial charge on any atom is -0.319 e. The Balaban J connectivity index is 1.81. The molecule has 0 fully saturated rings. The number of halogens is 1. The number of carbonyl (C=O) groups excluding carboxylic acids is 1. The fraction of sp³-hybridized carbons (Fsp3) is 0.278. The van der Waals surface area contributed by atoms with Crippen LogP contribution in [-0.2, 0) is 22.8 Å². The van der Waals surface area contributed by atoms with Gasteiger partial charge in [0.15, 0.2) is 9.84 Å².